The minimum Gasteiger partial charge on any atom is -0.508 e. The zero-order valence-electron chi connectivity index (χ0n) is 14.0. The topological polar surface area (TPSA) is 74.8 Å². The van der Waals surface area contributed by atoms with Gasteiger partial charge < -0.3 is 14.8 Å². The first-order valence-electron chi connectivity index (χ1n) is 7.82. The summed E-state index contributed by atoms with van der Waals surface area (Å²) in [4.78, 5) is 15.9. The summed E-state index contributed by atoms with van der Waals surface area (Å²) in [5, 5.41) is 18.7. The van der Waals surface area contributed by atoms with E-state index in [0.717, 1.165) is 22.6 Å². The molecule has 0 atom stereocenters. The van der Waals surface area contributed by atoms with Gasteiger partial charge in [0.05, 0.1) is 16.9 Å². The van der Waals surface area contributed by atoms with E-state index in [4.69, 9.17) is 0 Å². The van der Waals surface area contributed by atoms with Gasteiger partial charge in [-0.25, -0.2) is 4.79 Å². The number of aromatic hydroxyl groups is 1. The number of phenolic OH excluding ortho intramolecular Hbond substituents is 1. The molecule has 2 aromatic carbocycles. The molecule has 1 aromatic heterocycles. The van der Waals surface area contributed by atoms with Gasteiger partial charge in [-0.15, -0.1) is 0 Å². The van der Waals surface area contributed by atoms with E-state index in [1.807, 2.05) is 30.5 Å². The van der Waals surface area contributed by atoms with Crippen molar-refractivity contribution < 1.29 is 15.0 Å². The van der Waals surface area contributed by atoms with Crippen LogP contribution in [0.5, 0.6) is 5.75 Å². The van der Waals surface area contributed by atoms with E-state index in [1.165, 1.54) is 0 Å². The summed E-state index contributed by atoms with van der Waals surface area (Å²) in [7, 11) is 0. The molecule has 0 spiro atoms. The summed E-state index contributed by atoms with van der Waals surface area (Å²) in [5.74, 6) is -0.759. The molecule has 126 valence electrons. The van der Waals surface area contributed by atoms with Crippen molar-refractivity contribution in [1.82, 2.24) is 4.57 Å². The van der Waals surface area contributed by atoms with E-state index in [-0.39, 0.29) is 11.3 Å². The monoisotopic (exact) mass is 334 g/mol. The van der Waals surface area contributed by atoms with Crippen LogP contribution in [-0.2, 0) is 0 Å². The number of rotatable bonds is 4. The van der Waals surface area contributed by atoms with Crippen molar-refractivity contribution >= 4 is 17.9 Å². The van der Waals surface area contributed by atoms with Crippen LogP contribution in [0.15, 0.2) is 59.6 Å². The highest BCUT2D eigenvalue weighted by Crippen LogP contribution is 2.24. The Labute approximate surface area is 145 Å². The molecule has 0 fully saturated rings. The van der Waals surface area contributed by atoms with E-state index in [2.05, 4.69) is 4.99 Å². The van der Waals surface area contributed by atoms with Crippen molar-refractivity contribution in [3.63, 3.8) is 0 Å². The lowest BCUT2D eigenvalue weighted by molar-refractivity contribution is 0.0697. The van der Waals surface area contributed by atoms with Crippen molar-refractivity contribution in [3.8, 4) is 11.4 Å². The first-order valence-corrected chi connectivity index (χ1v) is 7.82. The van der Waals surface area contributed by atoms with Gasteiger partial charge in [-0.3, -0.25) is 4.99 Å². The van der Waals surface area contributed by atoms with E-state index in [9.17, 15) is 15.0 Å². The quantitative estimate of drug-likeness (QED) is 0.701. The van der Waals surface area contributed by atoms with Crippen LogP contribution in [0.25, 0.3) is 5.69 Å². The van der Waals surface area contributed by atoms with Crippen molar-refractivity contribution in [3.05, 3.63) is 77.1 Å². The number of aromatic carboxylic acids is 1. The fourth-order valence-corrected chi connectivity index (χ4v) is 2.82. The molecule has 0 saturated heterocycles. The van der Waals surface area contributed by atoms with E-state index >= 15 is 0 Å². The number of benzene rings is 2. The van der Waals surface area contributed by atoms with Crippen LogP contribution < -0.4 is 0 Å². The molecule has 5 heteroatoms. The zero-order valence-corrected chi connectivity index (χ0v) is 14.0. The molecule has 3 aromatic rings. The molecule has 0 aliphatic carbocycles. The molecule has 0 unspecified atom stereocenters. The standard InChI is InChI=1S/C20H18N2O3/c1-13-11-15(12-21-16-7-9-17(23)10-8-16)14(2)22(13)19-6-4-3-5-18(19)20(24)25/h3-12,23H,1-2H3,(H,24,25). The molecule has 0 bridgehead atoms. The van der Waals surface area contributed by atoms with Crippen molar-refractivity contribution in [1.29, 1.82) is 0 Å². The number of para-hydroxylation sites is 1. The average molecular weight is 334 g/mol. The predicted molar refractivity (Wildman–Crippen MR) is 97.6 cm³/mol. The first kappa shape index (κ1) is 16.5. The second-order valence-electron chi connectivity index (χ2n) is 5.76. The molecule has 0 amide bonds. The Kier molecular flexibility index (Phi) is 4.39. The molecular formula is C20H18N2O3. The van der Waals surface area contributed by atoms with Gasteiger partial charge in [-0.1, -0.05) is 12.1 Å². The minimum absolute atomic E-state index is 0.197. The number of carboxylic acid groups (broad SMARTS) is 1. The van der Waals surface area contributed by atoms with Gasteiger partial charge in [-0.05, 0) is 56.3 Å². The van der Waals surface area contributed by atoms with Crippen LogP contribution in [-0.4, -0.2) is 27.0 Å². The number of carbonyl (C=O) groups is 1. The highest BCUT2D eigenvalue weighted by Gasteiger charge is 2.15. The number of phenols is 1. The molecule has 3 rings (SSSR count). The van der Waals surface area contributed by atoms with Crippen molar-refractivity contribution in [2.75, 3.05) is 0 Å². The molecule has 0 saturated carbocycles. The molecule has 0 aliphatic rings. The van der Waals surface area contributed by atoms with Crippen molar-refractivity contribution in [2.24, 2.45) is 4.99 Å². The lowest BCUT2D eigenvalue weighted by Crippen LogP contribution is -2.07. The van der Waals surface area contributed by atoms with Gasteiger partial charge in [0.2, 0.25) is 0 Å². The Bertz CT molecular complexity index is 954. The molecule has 25 heavy (non-hydrogen) atoms. The Balaban J connectivity index is 2.02. The SMILES string of the molecule is Cc1cc(C=Nc2ccc(O)cc2)c(C)n1-c1ccccc1C(=O)O. The van der Waals surface area contributed by atoms with Crippen LogP contribution in [0.2, 0.25) is 0 Å². The van der Waals surface area contributed by atoms with E-state index in [0.29, 0.717) is 5.69 Å². The molecule has 0 radical (unpaired) electrons. The summed E-state index contributed by atoms with van der Waals surface area (Å²) in [6.45, 7) is 3.87. The number of aryl methyl sites for hydroxylation is 1. The van der Waals surface area contributed by atoms with E-state index in [1.54, 1.807) is 48.7 Å². The molecule has 5 nitrogen and oxygen atoms in total. The zero-order chi connectivity index (χ0) is 18.0. The smallest absolute Gasteiger partial charge is 0.337 e. The van der Waals surface area contributed by atoms with Gasteiger partial charge in [0.25, 0.3) is 0 Å². The number of nitrogens with zero attached hydrogens (tertiary/aromatic N) is 2. The Hall–Kier alpha value is -3.34. The largest absolute Gasteiger partial charge is 0.508 e. The molecular weight excluding hydrogens is 316 g/mol. The third kappa shape index (κ3) is 3.30. The highest BCUT2D eigenvalue weighted by molar-refractivity contribution is 5.92. The Morgan fingerprint density at radius 2 is 1.76 bits per heavy atom. The summed E-state index contributed by atoms with van der Waals surface area (Å²) in [6, 6.07) is 15.5. The highest BCUT2D eigenvalue weighted by atomic mass is 16.4. The maximum absolute atomic E-state index is 11.5. The number of carboxylic acids is 1. The number of aliphatic imine (C=N–C) groups is 1. The third-order valence-corrected chi connectivity index (χ3v) is 4.05. The predicted octanol–water partition coefficient (Wildman–Crippen LogP) is 4.25. The second-order valence-corrected chi connectivity index (χ2v) is 5.76. The Morgan fingerprint density at radius 3 is 2.44 bits per heavy atom. The van der Waals surface area contributed by atoms with Crippen LogP contribution >= 0.6 is 0 Å². The fourth-order valence-electron chi connectivity index (χ4n) is 2.82. The number of hydrogen-bond donors (Lipinski definition) is 2. The van der Waals surface area contributed by atoms with Crippen LogP contribution in [0.3, 0.4) is 0 Å². The van der Waals surface area contributed by atoms with Gasteiger partial charge in [0, 0.05) is 23.2 Å². The fraction of sp³-hybridized carbons (Fsp3) is 0.100. The maximum atomic E-state index is 11.5. The van der Waals surface area contributed by atoms with Crippen molar-refractivity contribution in [2.45, 2.75) is 13.8 Å². The van der Waals surface area contributed by atoms with Gasteiger partial charge >= 0.3 is 5.97 Å². The van der Waals surface area contributed by atoms with Gasteiger partial charge in [0.1, 0.15) is 5.75 Å². The lowest BCUT2D eigenvalue weighted by atomic mass is 10.1. The molecule has 1 heterocycles. The summed E-state index contributed by atoms with van der Waals surface area (Å²) >= 11 is 0. The van der Waals surface area contributed by atoms with Crippen LogP contribution in [0.4, 0.5) is 5.69 Å². The van der Waals surface area contributed by atoms with Crippen LogP contribution in [0.1, 0.15) is 27.3 Å². The average Bonchev–Trinajstić information content (AvgIpc) is 2.88. The van der Waals surface area contributed by atoms with Gasteiger partial charge in [-0.2, -0.15) is 0 Å². The van der Waals surface area contributed by atoms with E-state index < -0.39 is 5.97 Å². The maximum Gasteiger partial charge on any atom is 0.337 e. The number of hydrogen-bond acceptors (Lipinski definition) is 3. The summed E-state index contributed by atoms with van der Waals surface area (Å²) in [6.07, 6.45) is 1.74. The normalized spacial score (nSPS) is 11.1. The minimum atomic E-state index is -0.956. The summed E-state index contributed by atoms with van der Waals surface area (Å²) < 4.78 is 1.92. The molecule has 2 N–H and O–H groups in total. The molecule has 0 aliphatic heterocycles. The Morgan fingerprint density at radius 1 is 1.08 bits per heavy atom. The second kappa shape index (κ2) is 6.65. The van der Waals surface area contributed by atoms with Crippen LogP contribution in [0, 0.1) is 13.8 Å². The van der Waals surface area contributed by atoms with Gasteiger partial charge in [0.15, 0.2) is 0 Å². The first-order chi connectivity index (χ1) is 12.0. The lowest BCUT2D eigenvalue weighted by Gasteiger charge is -2.12. The third-order valence-electron chi connectivity index (χ3n) is 4.05. The summed E-state index contributed by atoms with van der Waals surface area (Å²) in [5.41, 5.74) is 4.37. The number of aromatic nitrogens is 1.